The Morgan fingerprint density at radius 1 is 1.26 bits per heavy atom. The summed E-state index contributed by atoms with van der Waals surface area (Å²) in [6.07, 6.45) is 3.23. The van der Waals surface area contributed by atoms with Crippen molar-refractivity contribution in [1.82, 2.24) is 4.98 Å². The molecule has 3 rings (SSSR count). The number of aromatic amines is 1. The third kappa shape index (κ3) is 3.85. The number of rotatable bonds is 6. The molecule has 2 aromatic heterocycles. The van der Waals surface area contributed by atoms with Crippen molar-refractivity contribution >= 4 is 44.8 Å². The van der Waals surface area contributed by atoms with Gasteiger partial charge in [0.15, 0.2) is 0 Å². The van der Waals surface area contributed by atoms with Crippen molar-refractivity contribution in [3.05, 3.63) is 56.7 Å². The molecule has 1 aromatic carbocycles. The summed E-state index contributed by atoms with van der Waals surface area (Å²) in [4.78, 5) is 38.5. The number of nitrogens with one attached hydrogen (secondary N) is 2. The minimum Gasteiger partial charge on any atom is -0.477 e. The summed E-state index contributed by atoms with van der Waals surface area (Å²) in [6, 6.07) is 8.79. The first-order valence-electron chi connectivity index (χ1n) is 8.49. The molecule has 0 bridgehead atoms. The Labute approximate surface area is 158 Å². The van der Waals surface area contributed by atoms with Crippen molar-refractivity contribution < 1.29 is 14.7 Å². The Kier molecular flexibility index (Phi) is 5.27. The molecule has 0 fully saturated rings. The summed E-state index contributed by atoms with van der Waals surface area (Å²) in [6.45, 7) is 2.14. The van der Waals surface area contributed by atoms with E-state index in [1.54, 1.807) is 0 Å². The molecule has 27 heavy (non-hydrogen) atoms. The smallest absolute Gasteiger partial charge is 0.341 e. The standard InChI is InChI=1S/C19H19N3O4S/c1-2-3-4-10-5-7-11(8-6-10)21-17(24)15-14(20)12-9-13(19(25)26)16(23)22-18(12)27-15/h5-9H,2-4,20H2,1H3,(H,21,24)(H,22,23)(H,25,26). The summed E-state index contributed by atoms with van der Waals surface area (Å²) in [5.41, 5.74) is 6.86. The van der Waals surface area contributed by atoms with Gasteiger partial charge in [0.25, 0.3) is 11.5 Å². The molecule has 0 aliphatic heterocycles. The molecule has 3 aromatic rings. The minimum absolute atomic E-state index is 0.144. The molecular weight excluding hydrogens is 366 g/mol. The van der Waals surface area contributed by atoms with Crippen LogP contribution in [0.4, 0.5) is 11.4 Å². The fourth-order valence-corrected chi connectivity index (χ4v) is 3.71. The van der Waals surface area contributed by atoms with Crippen molar-refractivity contribution in [2.75, 3.05) is 11.1 Å². The lowest BCUT2D eigenvalue weighted by Crippen LogP contribution is -2.16. The third-order valence-electron chi connectivity index (χ3n) is 4.21. The summed E-state index contributed by atoms with van der Waals surface area (Å²) in [5.74, 6) is -1.76. The highest BCUT2D eigenvalue weighted by atomic mass is 32.1. The zero-order chi connectivity index (χ0) is 19.6. The number of nitrogen functional groups attached to an aromatic ring is 1. The second-order valence-corrected chi connectivity index (χ2v) is 7.18. The molecule has 2 heterocycles. The number of hydrogen-bond donors (Lipinski definition) is 4. The Bertz CT molecular complexity index is 1070. The number of pyridine rings is 1. The molecule has 7 nitrogen and oxygen atoms in total. The number of carbonyl (C=O) groups is 2. The number of fused-ring (bicyclic) bond motifs is 1. The van der Waals surface area contributed by atoms with Crippen molar-refractivity contribution in [3.63, 3.8) is 0 Å². The van der Waals surface area contributed by atoms with Gasteiger partial charge in [-0.3, -0.25) is 9.59 Å². The lowest BCUT2D eigenvalue weighted by atomic mass is 10.1. The molecule has 140 valence electrons. The van der Waals surface area contributed by atoms with Gasteiger partial charge in [-0.2, -0.15) is 0 Å². The largest absolute Gasteiger partial charge is 0.477 e. The van der Waals surface area contributed by atoms with Gasteiger partial charge in [0, 0.05) is 11.1 Å². The van der Waals surface area contributed by atoms with Gasteiger partial charge in [0.05, 0.1) is 5.69 Å². The van der Waals surface area contributed by atoms with Crippen molar-refractivity contribution in [1.29, 1.82) is 0 Å². The first-order chi connectivity index (χ1) is 12.9. The first kappa shape index (κ1) is 18.7. The molecule has 5 N–H and O–H groups in total. The van der Waals surface area contributed by atoms with Crippen molar-refractivity contribution in [3.8, 4) is 0 Å². The van der Waals surface area contributed by atoms with E-state index >= 15 is 0 Å². The highest BCUT2D eigenvalue weighted by Gasteiger charge is 2.20. The van der Waals surface area contributed by atoms with Crippen molar-refractivity contribution in [2.45, 2.75) is 26.2 Å². The summed E-state index contributed by atoms with van der Waals surface area (Å²) in [7, 11) is 0. The fraction of sp³-hybridized carbons (Fsp3) is 0.211. The van der Waals surface area contributed by atoms with Crippen molar-refractivity contribution in [2.24, 2.45) is 0 Å². The number of carbonyl (C=O) groups excluding carboxylic acids is 1. The van der Waals surface area contributed by atoms with Crippen LogP contribution in [0.1, 0.15) is 45.4 Å². The Balaban J connectivity index is 1.86. The van der Waals surface area contributed by atoms with Gasteiger partial charge in [-0.15, -0.1) is 11.3 Å². The van der Waals surface area contributed by atoms with Crippen LogP contribution in [0.25, 0.3) is 10.2 Å². The average molecular weight is 385 g/mol. The normalized spacial score (nSPS) is 10.9. The number of aromatic nitrogens is 1. The fourth-order valence-electron chi connectivity index (χ4n) is 2.72. The number of unbranched alkanes of at least 4 members (excludes halogenated alkanes) is 1. The highest BCUT2D eigenvalue weighted by molar-refractivity contribution is 7.21. The van der Waals surface area contributed by atoms with Gasteiger partial charge in [0.1, 0.15) is 15.3 Å². The lowest BCUT2D eigenvalue weighted by molar-refractivity contribution is 0.0695. The Morgan fingerprint density at radius 3 is 2.59 bits per heavy atom. The molecule has 0 aliphatic rings. The lowest BCUT2D eigenvalue weighted by Gasteiger charge is -2.06. The zero-order valence-corrected chi connectivity index (χ0v) is 15.5. The van der Waals surface area contributed by atoms with Crippen LogP contribution >= 0.6 is 11.3 Å². The first-order valence-corrected chi connectivity index (χ1v) is 9.31. The number of carboxylic acid groups (broad SMARTS) is 1. The predicted molar refractivity (Wildman–Crippen MR) is 107 cm³/mol. The molecule has 1 amide bonds. The Hall–Kier alpha value is -3.13. The highest BCUT2D eigenvalue weighted by Crippen LogP contribution is 2.32. The number of nitrogens with two attached hydrogens (primary N) is 1. The molecule has 8 heteroatoms. The van der Waals surface area contributed by atoms with E-state index in [4.69, 9.17) is 10.8 Å². The van der Waals surface area contributed by atoms with Crippen LogP contribution in [0.15, 0.2) is 35.1 Å². The van der Waals surface area contributed by atoms with E-state index in [9.17, 15) is 14.4 Å². The third-order valence-corrected chi connectivity index (χ3v) is 5.35. The maximum absolute atomic E-state index is 12.6. The van der Waals surface area contributed by atoms with E-state index in [0.717, 1.165) is 30.6 Å². The van der Waals surface area contributed by atoms with Gasteiger partial charge >= 0.3 is 5.97 Å². The summed E-state index contributed by atoms with van der Waals surface area (Å²) < 4.78 is 0. The van der Waals surface area contributed by atoms with E-state index < -0.39 is 23.0 Å². The van der Waals surface area contributed by atoms with Crippen LogP contribution in [-0.4, -0.2) is 22.0 Å². The van der Waals surface area contributed by atoms with E-state index in [1.807, 2.05) is 24.3 Å². The summed E-state index contributed by atoms with van der Waals surface area (Å²) in [5, 5.41) is 12.2. The van der Waals surface area contributed by atoms with E-state index in [2.05, 4.69) is 17.2 Å². The van der Waals surface area contributed by atoms with Crippen LogP contribution in [0, 0.1) is 0 Å². The number of thiophene rings is 1. The maximum atomic E-state index is 12.6. The van der Waals surface area contributed by atoms with Crippen LogP contribution in [0.2, 0.25) is 0 Å². The number of amides is 1. The second kappa shape index (κ2) is 7.63. The second-order valence-electron chi connectivity index (χ2n) is 6.16. The average Bonchev–Trinajstić information content (AvgIpc) is 2.96. The molecule has 0 aliphatic carbocycles. The molecule has 0 radical (unpaired) electrons. The van der Waals surface area contributed by atoms with Crippen LogP contribution in [0.3, 0.4) is 0 Å². The van der Waals surface area contributed by atoms with Gasteiger partial charge in [-0.1, -0.05) is 25.5 Å². The molecule has 0 saturated carbocycles. The molecule has 0 saturated heterocycles. The number of anilines is 2. The number of aryl methyl sites for hydroxylation is 1. The Morgan fingerprint density at radius 2 is 1.96 bits per heavy atom. The molecule has 0 spiro atoms. The van der Waals surface area contributed by atoms with Gasteiger partial charge in [-0.05, 0) is 36.6 Å². The molecule has 0 unspecified atom stereocenters. The van der Waals surface area contributed by atoms with E-state index in [1.165, 1.54) is 11.6 Å². The van der Waals surface area contributed by atoms with Gasteiger partial charge in [0.2, 0.25) is 0 Å². The SMILES string of the molecule is CCCCc1ccc(NC(=O)c2sc3[nH]c(=O)c(C(=O)O)cc3c2N)cc1. The number of hydrogen-bond acceptors (Lipinski definition) is 5. The summed E-state index contributed by atoms with van der Waals surface area (Å²) >= 11 is 1.01. The van der Waals surface area contributed by atoms with E-state index in [0.29, 0.717) is 15.9 Å². The zero-order valence-electron chi connectivity index (χ0n) is 14.7. The number of benzene rings is 1. The topological polar surface area (TPSA) is 125 Å². The number of H-pyrrole nitrogens is 1. The number of aromatic carboxylic acids is 1. The van der Waals surface area contributed by atoms with Crippen LogP contribution in [0.5, 0.6) is 0 Å². The molecule has 0 atom stereocenters. The van der Waals surface area contributed by atoms with Crippen LogP contribution < -0.4 is 16.6 Å². The van der Waals surface area contributed by atoms with E-state index in [-0.39, 0.29) is 10.6 Å². The van der Waals surface area contributed by atoms with Gasteiger partial charge in [-0.25, -0.2) is 4.79 Å². The maximum Gasteiger partial charge on any atom is 0.341 e. The predicted octanol–water partition coefficient (Wildman–Crippen LogP) is 3.46. The monoisotopic (exact) mass is 385 g/mol. The van der Waals surface area contributed by atoms with Crippen LogP contribution in [-0.2, 0) is 6.42 Å². The molecular formula is C19H19N3O4S. The number of carboxylic acids is 1. The minimum atomic E-state index is -1.35. The quantitative estimate of drug-likeness (QED) is 0.517. The van der Waals surface area contributed by atoms with Gasteiger partial charge < -0.3 is 21.1 Å².